The number of rotatable bonds is 5. The minimum Gasteiger partial charge on any atom is -0.356 e. The van der Waals surface area contributed by atoms with Gasteiger partial charge in [-0.2, -0.15) is 0 Å². The van der Waals surface area contributed by atoms with Gasteiger partial charge in [-0.3, -0.25) is 4.79 Å². The minimum atomic E-state index is 0.0419. The van der Waals surface area contributed by atoms with Gasteiger partial charge in [-0.1, -0.05) is 42.4 Å². The number of aryl methyl sites for hydroxylation is 1. The lowest BCUT2D eigenvalue weighted by molar-refractivity contribution is -0.118. The molecule has 1 aromatic heterocycles. The zero-order valence-electron chi connectivity index (χ0n) is 13.5. The van der Waals surface area contributed by atoms with Crippen molar-refractivity contribution in [3.63, 3.8) is 0 Å². The maximum atomic E-state index is 12.8. The monoisotopic (exact) mass is 308 g/mol. The first-order valence-electron chi connectivity index (χ1n) is 7.90. The summed E-state index contributed by atoms with van der Waals surface area (Å²) in [6.45, 7) is 4.79. The number of fused-ring (bicyclic) bond motifs is 1. The Bertz CT molecular complexity index is 823. The van der Waals surface area contributed by atoms with Crippen molar-refractivity contribution in [2.45, 2.75) is 26.7 Å². The number of amides is 1. The molecule has 3 aromatic rings. The summed E-state index contributed by atoms with van der Waals surface area (Å²) in [5.41, 5.74) is 3.47. The lowest BCUT2D eigenvalue weighted by atomic mass is 10.1. The summed E-state index contributed by atoms with van der Waals surface area (Å²) in [6, 6.07) is 15.6. The highest BCUT2D eigenvalue weighted by atomic mass is 16.5. The van der Waals surface area contributed by atoms with Gasteiger partial charge in [-0.15, -0.1) is 0 Å². The van der Waals surface area contributed by atoms with E-state index in [-0.39, 0.29) is 12.3 Å². The van der Waals surface area contributed by atoms with Crippen LogP contribution in [0.1, 0.15) is 24.6 Å². The lowest BCUT2D eigenvalue weighted by Gasteiger charge is -2.23. The quantitative estimate of drug-likeness (QED) is 0.712. The molecule has 3 rings (SSSR count). The zero-order chi connectivity index (χ0) is 16.2. The lowest BCUT2D eigenvalue weighted by Crippen LogP contribution is -2.33. The highest BCUT2D eigenvalue weighted by Gasteiger charge is 2.19. The summed E-state index contributed by atoms with van der Waals surface area (Å²) in [7, 11) is 0. The second kappa shape index (κ2) is 6.65. The number of benzene rings is 2. The van der Waals surface area contributed by atoms with Crippen molar-refractivity contribution in [2.24, 2.45) is 0 Å². The van der Waals surface area contributed by atoms with E-state index < -0.39 is 0 Å². The Morgan fingerprint density at radius 3 is 2.65 bits per heavy atom. The van der Waals surface area contributed by atoms with Gasteiger partial charge in [0.1, 0.15) is 5.69 Å². The third kappa shape index (κ3) is 3.11. The summed E-state index contributed by atoms with van der Waals surface area (Å²) in [4.78, 5) is 14.7. The topological polar surface area (TPSA) is 46.3 Å². The fraction of sp³-hybridized carbons (Fsp3) is 0.263. The standard InChI is InChI=1S/C19H20N2O2/c1-3-12-21(17-10-6-4-8-14(17)2)19(22)13-16-15-9-5-7-11-18(15)23-20-16/h4-11H,3,12-13H2,1-2H3. The summed E-state index contributed by atoms with van der Waals surface area (Å²) in [5, 5.41) is 4.98. The van der Waals surface area contributed by atoms with Gasteiger partial charge in [0.05, 0.1) is 6.42 Å². The SMILES string of the molecule is CCCN(C(=O)Cc1noc2ccccc12)c1ccccc1C. The maximum Gasteiger partial charge on any atom is 0.233 e. The normalized spacial score (nSPS) is 10.9. The molecule has 0 aliphatic heterocycles. The van der Waals surface area contributed by atoms with Crippen molar-refractivity contribution in [1.82, 2.24) is 5.16 Å². The van der Waals surface area contributed by atoms with Crippen LogP contribution in [0.15, 0.2) is 53.1 Å². The number of aromatic nitrogens is 1. The first-order valence-corrected chi connectivity index (χ1v) is 7.90. The van der Waals surface area contributed by atoms with E-state index in [1.165, 1.54) is 0 Å². The second-order valence-electron chi connectivity index (χ2n) is 5.63. The number of carbonyl (C=O) groups is 1. The summed E-state index contributed by atoms with van der Waals surface area (Å²) < 4.78 is 5.30. The van der Waals surface area contributed by atoms with Crippen LogP contribution in [0.4, 0.5) is 5.69 Å². The van der Waals surface area contributed by atoms with Crippen molar-refractivity contribution in [1.29, 1.82) is 0 Å². The predicted octanol–water partition coefficient (Wildman–Crippen LogP) is 4.12. The van der Waals surface area contributed by atoms with Crippen LogP contribution in [-0.2, 0) is 11.2 Å². The van der Waals surface area contributed by atoms with Gasteiger partial charge >= 0.3 is 0 Å². The van der Waals surface area contributed by atoms with Crippen LogP contribution in [0.5, 0.6) is 0 Å². The molecule has 0 bridgehead atoms. The summed E-state index contributed by atoms with van der Waals surface area (Å²) >= 11 is 0. The van der Waals surface area contributed by atoms with E-state index in [9.17, 15) is 4.79 Å². The number of anilines is 1. The van der Waals surface area contributed by atoms with E-state index in [0.717, 1.165) is 23.1 Å². The van der Waals surface area contributed by atoms with Crippen LogP contribution >= 0.6 is 0 Å². The molecule has 0 radical (unpaired) electrons. The average molecular weight is 308 g/mol. The smallest absolute Gasteiger partial charge is 0.233 e. The molecule has 0 saturated heterocycles. The predicted molar refractivity (Wildman–Crippen MR) is 91.5 cm³/mol. The summed E-state index contributed by atoms with van der Waals surface area (Å²) in [5.74, 6) is 0.0419. The van der Waals surface area contributed by atoms with Crippen molar-refractivity contribution in [3.05, 3.63) is 59.8 Å². The molecule has 0 aliphatic carbocycles. The third-order valence-corrected chi connectivity index (χ3v) is 3.93. The Morgan fingerprint density at radius 2 is 1.87 bits per heavy atom. The Morgan fingerprint density at radius 1 is 1.13 bits per heavy atom. The van der Waals surface area contributed by atoms with Crippen LogP contribution in [-0.4, -0.2) is 17.6 Å². The van der Waals surface area contributed by atoms with Gasteiger partial charge in [-0.05, 0) is 37.1 Å². The number of carbonyl (C=O) groups excluding carboxylic acids is 1. The van der Waals surface area contributed by atoms with Crippen LogP contribution in [0.25, 0.3) is 11.0 Å². The molecule has 0 spiro atoms. The van der Waals surface area contributed by atoms with E-state index >= 15 is 0 Å². The number of para-hydroxylation sites is 2. The van der Waals surface area contributed by atoms with E-state index in [2.05, 4.69) is 12.1 Å². The molecule has 0 unspecified atom stereocenters. The van der Waals surface area contributed by atoms with E-state index in [4.69, 9.17) is 4.52 Å². The van der Waals surface area contributed by atoms with E-state index in [1.807, 2.05) is 60.4 Å². The van der Waals surface area contributed by atoms with Gasteiger partial charge in [0, 0.05) is 17.6 Å². The van der Waals surface area contributed by atoms with Gasteiger partial charge in [0.25, 0.3) is 0 Å². The average Bonchev–Trinajstić information content (AvgIpc) is 2.97. The highest BCUT2D eigenvalue weighted by molar-refractivity contribution is 5.97. The maximum absolute atomic E-state index is 12.8. The fourth-order valence-corrected chi connectivity index (χ4v) is 2.77. The number of nitrogens with zero attached hydrogens (tertiary/aromatic N) is 2. The molecular formula is C19H20N2O2. The molecule has 0 aliphatic rings. The van der Waals surface area contributed by atoms with Gasteiger partial charge in [-0.25, -0.2) is 0 Å². The molecule has 118 valence electrons. The van der Waals surface area contributed by atoms with E-state index in [1.54, 1.807) is 0 Å². The molecule has 0 fully saturated rings. The Balaban J connectivity index is 1.89. The molecule has 4 heteroatoms. The molecular weight excluding hydrogens is 288 g/mol. The molecule has 23 heavy (non-hydrogen) atoms. The largest absolute Gasteiger partial charge is 0.356 e. The molecule has 1 heterocycles. The van der Waals surface area contributed by atoms with Crippen LogP contribution < -0.4 is 4.90 Å². The molecule has 0 N–H and O–H groups in total. The Labute approximate surface area is 135 Å². The molecule has 2 aromatic carbocycles. The second-order valence-corrected chi connectivity index (χ2v) is 5.63. The molecule has 0 atom stereocenters. The van der Waals surface area contributed by atoms with Crippen molar-refractivity contribution in [2.75, 3.05) is 11.4 Å². The Kier molecular flexibility index (Phi) is 4.42. The van der Waals surface area contributed by atoms with Crippen molar-refractivity contribution < 1.29 is 9.32 Å². The Hall–Kier alpha value is -2.62. The van der Waals surface area contributed by atoms with Crippen molar-refractivity contribution in [3.8, 4) is 0 Å². The zero-order valence-corrected chi connectivity index (χ0v) is 13.5. The van der Waals surface area contributed by atoms with E-state index in [0.29, 0.717) is 17.8 Å². The van der Waals surface area contributed by atoms with Crippen LogP contribution in [0.2, 0.25) is 0 Å². The fourth-order valence-electron chi connectivity index (χ4n) is 2.77. The molecule has 4 nitrogen and oxygen atoms in total. The first-order chi connectivity index (χ1) is 11.2. The van der Waals surface area contributed by atoms with Crippen LogP contribution in [0, 0.1) is 6.92 Å². The van der Waals surface area contributed by atoms with Crippen LogP contribution in [0.3, 0.4) is 0 Å². The number of hydrogen-bond acceptors (Lipinski definition) is 3. The number of hydrogen-bond donors (Lipinski definition) is 0. The first kappa shape index (κ1) is 15.3. The van der Waals surface area contributed by atoms with Gasteiger partial charge < -0.3 is 9.42 Å². The molecule has 1 amide bonds. The van der Waals surface area contributed by atoms with Gasteiger partial charge in [0.2, 0.25) is 5.91 Å². The minimum absolute atomic E-state index is 0.0419. The third-order valence-electron chi connectivity index (χ3n) is 3.93. The van der Waals surface area contributed by atoms with Gasteiger partial charge in [0.15, 0.2) is 5.58 Å². The molecule has 0 saturated carbocycles. The van der Waals surface area contributed by atoms with Crippen molar-refractivity contribution >= 4 is 22.6 Å². The summed E-state index contributed by atoms with van der Waals surface area (Å²) in [6.07, 6.45) is 1.14. The highest BCUT2D eigenvalue weighted by Crippen LogP contribution is 2.23.